The molecule has 0 bridgehead atoms. The third-order valence-electron chi connectivity index (χ3n) is 8.83. The van der Waals surface area contributed by atoms with Crippen molar-refractivity contribution in [3.8, 4) is 0 Å². The van der Waals surface area contributed by atoms with Gasteiger partial charge < -0.3 is 10.2 Å². The van der Waals surface area contributed by atoms with Crippen LogP contribution in [0.3, 0.4) is 0 Å². The van der Waals surface area contributed by atoms with Gasteiger partial charge in [0.1, 0.15) is 4.83 Å². The van der Waals surface area contributed by atoms with Crippen LogP contribution in [0.15, 0.2) is 11.6 Å². The van der Waals surface area contributed by atoms with Crippen LogP contribution in [0.4, 0.5) is 0 Å². The summed E-state index contributed by atoms with van der Waals surface area (Å²) >= 11 is 3.34. The molecule has 0 radical (unpaired) electrons. The Morgan fingerprint density at radius 1 is 1.26 bits per heavy atom. The number of aliphatic carboxylic acids is 1. The second-order valence-electron chi connectivity index (χ2n) is 9.97. The topological polar surface area (TPSA) is 74.6 Å². The van der Waals surface area contributed by atoms with Crippen molar-refractivity contribution in [1.29, 1.82) is 0 Å². The summed E-state index contributed by atoms with van der Waals surface area (Å²) in [5, 5.41) is 20.1. The summed E-state index contributed by atoms with van der Waals surface area (Å²) in [5.74, 6) is 1.10. The number of aliphatic hydroxyl groups is 1. The van der Waals surface area contributed by atoms with E-state index in [0.29, 0.717) is 30.6 Å². The smallest absolute Gasteiger partial charge is 0.317 e. The third kappa shape index (κ3) is 2.95. The number of allylic oxidation sites excluding steroid dienone is 1. The van der Waals surface area contributed by atoms with Gasteiger partial charge in [-0.2, -0.15) is 0 Å². The SMILES string of the molecule is C[C@]12CCC(=O)C=C1C(CC(Br)C(=O)O)C[C@@H]1[C@H]2CC[C@]2(C)C(O)CC[C@@H]12. The van der Waals surface area contributed by atoms with Gasteiger partial charge in [-0.05, 0) is 85.5 Å². The lowest BCUT2D eigenvalue weighted by atomic mass is 9.45. The number of halogens is 1. The van der Waals surface area contributed by atoms with Crippen LogP contribution in [0, 0.1) is 34.5 Å². The first-order valence-corrected chi connectivity index (χ1v) is 11.4. The highest BCUT2D eigenvalue weighted by atomic mass is 79.9. The van der Waals surface area contributed by atoms with Crippen molar-refractivity contribution in [2.75, 3.05) is 0 Å². The number of carbonyl (C=O) groups is 2. The standard InChI is InChI=1S/C22H31BrO4/c1-21-7-5-13(24)11-17(21)12(10-18(23)20(26)27)9-14-15-3-4-19(25)22(15,2)8-6-16(14)21/h11-12,14-16,18-19,25H,3-10H2,1-2H3,(H,26,27)/t12?,14-,15-,16+,18?,19?,21+,22-/m0/s1. The van der Waals surface area contributed by atoms with Gasteiger partial charge in [0.25, 0.3) is 0 Å². The summed E-state index contributed by atoms with van der Waals surface area (Å²) in [6.07, 6.45) is 8.81. The first kappa shape index (κ1) is 19.6. The number of carboxylic acids is 1. The number of carboxylic acid groups (broad SMARTS) is 1. The zero-order valence-corrected chi connectivity index (χ0v) is 17.9. The molecule has 4 aliphatic rings. The molecule has 8 atom stereocenters. The van der Waals surface area contributed by atoms with Crippen LogP contribution in [0.25, 0.3) is 0 Å². The van der Waals surface area contributed by atoms with E-state index >= 15 is 0 Å². The minimum atomic E-state index is -0.827. The molecular weight excluding hydrogens is 408 g/mol. The molecule has 0 amide bonds. The van der Waals surface area contributed by atoms with E-state index in [2.05, 4.69) is 29.8 Å². The number of carbonyl (C=O) groups excluding carboxylic acids is 1. The number of alkyl halides is 1. The highest BCUT2D eigenvalue weighted by Crippen LogP contribution is 2.66. The Bertz CT molecular complexity index is 688. The largest absolute Gasteiger partial charge is 0.480 e. The van der Waals surface area contributed by atoms with E-state index in [4.69, 9.17) is 0 Å². The molecule has 2 N–H and O–H groups in total. The highest BCUT2D eigenvalue weighted by molar-refractivity contribution is 9.10. The first-order chi connectivity index (χ1) is 12.7. The molecule has 3 fully saturated rings. The van der Waals surface area contributed by atoms with Gasteiger partial charge in [-0.1, -0.05) is 35.4 Å². The molecule has 5 heteroatoms. The highest BCUT2D eigenvalue weighted by Gasteiger charge is 2.60. The monoisotopic (exact) mass is 438 g/mol. The van der Waals surface area contributed by atoms with Crippen LogP contribution >= 0.6 is 15.9 Å². The molecule has 4 aliphatic carbocycles. The maximum Gasteiger partial charge on any atom is 0.317 e. The fourth-order valence-corrected chi connectivity index (χ4v) is 7.78. The average Bonchev–Trinajstić information content (AvgIpc) is 2.91. The minimum Gasteiger partial charge on any atom is -0.480 e. The van der Waals surface area contributed by atoms with Crippen molar-refractivity contribution in [2.45, 2.75) is 76.1 Å². The maximum atomic E-state index is 12.2. The number of hydrogen-bond acceptors (Lipinski definition) is 3. The van der Waals surface area contributed by atoms with Crippen molar-refractivity contribution in [3.63, 3.8) is 0 Å². The molecule has 27 heavy (non-hydrogen) atoms. The number of aliphatic hydroxyl groups excluding tert-OH is 1. The van der Waals surface area contributed by atoms with Crippen LogP contribution in [-0.2, 0) is 9.59 Å². The lowest BCUT2D eigenvalue weighted by Crippen LogP contribution is -2.53. The molecule has 3 unspecified atom stereocenters. The third-order valence-corrected chi connectivity index (χ3v) is 9.59. The van der Waals surface area contributed by atoms with Gasteiger partial charge in [-0.15, -0.1) is 0 Å². The molecule has 4 rings (SSSR count). The van der Waals surface area contributed by atoms with E-state index in [1.165, 1.54) is 5.57 Å². The van der Waals surface area contributed by atoms with Crippen molar-refractivity contribution in [1.82, 2.24) is 0 Å². The Hall–Kier alpha value is -0.680. The molecule has 0 aromatic carbocycles. The van der Waals surface area contributed by atoms with Gasteiger partial charge >= 0.3 is 5.97 Å². The van der Waals surface area contributed by atoms with Crippen LogP contribution in [0.1, 0.15) is 65.2 Å². The van der Waals surface area contributed by atoms with Gasteiger partial charge in [-0.3, -0.25) is 9.59 Å². The predicted molar refractivity (Wildman–Crippen MR) is 107 cm³/mol. The summed E-state index contributed by atoms with van der Waals surface area (Å²) in [5.41, 5.74) is 1.23. The Balaban J connectivity index is 1.71. The summed E-state index contributed by atoms with van der Waals surface area (Å²) < 4.78 is 0. The number of hydrogen-bond donors (Lipinski definition) is 2. The van der Waals surface area contributed by atoms with Crippen molar-refractivity contribution in [2.24, 2.45) is 34.5 Å². The van der Waals surface area contributed by atoms with Crippen LogP contribution < -0.4 is 0 Å². The van der Waals surface area contributed by atoms with E-state index in [9.17, 15) is 19.8 Å². The van der Waals surface area contributed by atoms with E-state index in [1.807, 2.05) is 6.08 Å². The zero-order chi connectivity index (χ0) is 19.6. The van der Waals surface area contributed by atoms with Crippen molar-refractivity contribution in [3.05, 3.63) is 11.6 Å². The molecule has 0 spiro atoms. The normalized spacial score (nSPS) is 47.5. The number of ketones is 1. The molecule has 0 heterocycles. The van der Waals surface area contributed by atoms with Crippen molar-refractivity contribution < 1.29 is 19.8 Å². The summed E-state index contributed by atoms with van der Waals surface area (Å²) in [6, 6.07) is 0. The van der Waals surface area contributed by atoms with Gasteiger partial charge in [0.05, 0.1) is 6.10 Å². The Labute approximate surface area is 169 Å². The first-order valence-electron chi connectivity index (χ1n) is 10.5. The molecule has 0 aromatic heterocycles. The predicted octanol–water partition coefficient (Wildman–Crippen LogP) is 4.34. The Morgan fingerprint density at radius 2 is 2.00 bits per heavy atom. The van der Waals surface area contributed by atoms with Crippen LogP contribution in [0.5, 0.6) is 0 Å². The van der Waals surface area contributed by atoms with Gasteiger partial charge in [0.2, 0.25) is 0 Å². The molecule has 0 saturated heterocycles. The van der Waals surface area contributed by atoms with Gasteiger partial charge in [0, 0.05) is 6.42 Å². The fourth-order valence-electron chi connectivity index (χ4n) is 7.33. The molecule has 3 saturated carbocycles. The fraction of sp³-hybridized carbons (Fsp3) is 0.818. The van der Waals surface area contributed by atoms with Gasteiger partial charge in [-0.25, -0.2) is 0 Å². The van der Waals surface area contributed by atoms with Crippen LogP contribution in [0.2, 0.25) is 0 Å². The van der Waals surface area contributed by atoms with E-state index in [-0.39, 0.29) is 28.6 Å². The number of fused-ring (bicyclic) bond motifs is 5. The number of rotatable bonds is 3. The van der Waals surface area contributed by atoms with Crippen LogP contribution in [-0.4, -0.2) is 32.9 Å². The second-order valence-corrected chi connectivity index (χ2v) is 11.1. The lowest BCUT2D eigenvalue weighted by molar-refractivity contribution is -0.136. The minimum absolute atomic E-state index is 0.00158. The molecule has 0 aromatic rings. The quantitative estimate of drug-likeness (QED) is 0.642. The molecule has 150 valence electrons. The molecular formula is C22H31BrO4. The molecule has 4 nitrogen and oxygen atoms in total. The van der Waals surface area contributed by atoms with E-state index in [1.54, 1.807) is 0 Å². The summed E-state index contributed by atoms with van der Waals surface area (Å²) in [6.45, 7) is 4.59. The van der Waals surface area contributed by atoms with Gasteiger partial charge in [0.15, 0.2) is 5.78 Å². The van der Waals surface area contributed by atoms with E-state index in [0.717, 1.165) is 38.5 Å². The Kier molecular flexibility index (Phi) is 4.86. The van der Waals surface area contributed by atoms with Crippen molar-refractivity contribution >= 4 is 27.7 Å². The van der Waals surface area contributed by atoms with E-state index < -0.39 is 10.8 Å². The lowest BCUT2D eigenvalue weighted by Gasteiger charge is -2.59. The second kappa shape index (κ2) is 6.69. The summed E-state index contributed by atoms with van der Waals surface area (Å²) in [7, 11) is 0. The average molecular weight is 439 g/mol. The zero-order valence-electron chi connectivity index (χ0n) is 16.3. The maximum absolute atomic E-state index is 12.2. The molecule has 0 aliphatic heterocycles. The Morgan fingerprint density at radius 3 is 2.70 bits per heavy atom. The summed E-state index contributed by atoms with van der Waals surface area (Å²) in [4.78, 5) is 23.1.